The summed E-state index contributed by atoms with van der Waals surface area (Å²) >= 11 is 0. The zero-order valence-electron chi connectivity index (χ0n) is 26.8. The first-order valence-corrected chi connectivity index (χ1v) is 15.3. The van der Waals surface area contributed by atoms with Crippen LogP contribution < -0.4 is 10.6 Å². The van der Waals surface area contributed by atoms with Crippen molar-refractivity contribution in [1.82, 2.24) is 10.2 Å². The highest BCUT2D eigenvalue weighted by molar-refractivity contribution is 6.25. The molecule has 0 bridgehead atoms. The predicted molar refractivity (Wildman–Crippen MR) is 162 cm³/mol. The van der Waals surface area contributed by atoms with E-state index in [9.17, 15) is 24.0 Å². The minimum atomic E-state index is -1.01. The number of amides is 4. The number of ether oxygens (including phenoxy) is 7. The van der Waals surface area contributed by atoms with Crippen molar-refractivity contribution in [3.63, 3.8) is 0 Å². The molecule has 1 unspecified atom stereocenters. The Balaban J connectivity index is 1.13. The lowest BCUT2D eigenvalue weighted by molar-refractivity contribution is -0.160. The number of fused-ring (bicyclic) bond motifs is 1. The number of imide groups is 2. The zero-order valence-corrected chi connectivity index (χ0v) is 26.8. The Labute approximate surface area is 268 Å². The van der Waals surface area contributed by atoms with E-state index in [1.165, 1.54) is 0 Å². The summed E-state index contributed by atoms with van der Waals surface area (Å²) in [5, 5.41) is 5.31. The van der Waals surface area contributed by atoms with Crippen molar-refractivity contribution < 1.29 is 57.1 Å². The standard InChI is InChI=1S/C31H45N3O12/c1-31(2,3)46-26(36)21-45-20-19-44-18-17-43-16-15-42-14-13-41-12-11-40-10-9-32-23-6-4-5-22-27(23)30(39)34(29(22)38)24-7-8-25(35)33-28(24)37/h4-6,24,32H,7-21H2,1-3H3,(H,33,35,37). The van der Waals surface area contributed by atoms with E-state index in [1.54, 1.807) is 39.0 Å². The van der Waals surface area contributed by atoms with E-state index in [0.717, 1.165) is 4.90 Å². The molecule has 0 aromatic heterocycles. The summed E-state index contributed by atoms with van der Waals surface area (Å²) in [5.41, 5.74) is 0.364. The second kappa shape index (κ2) is 19.3. The normalized spacial score (nSPS) is 16.5. The number of hydrogen-bond donors (Lipinski definition) is 2. The van der Waals surface area contributed by atoms with E-state index in [2.05, 4.69) is 10.6 Å². The first kappa shape index (κ1) is 37.0. The third kappa shape index (κ3) is 12.4. The smallest absolute Gasteiger partial charge is 0.332 e. The topological polar surface area (TPSA) is 177 Å². The number of carbonyl (C=O) groups excluding carboxylic acids is 5. The van der Waals surface area contributed by atoms with E-state index in [0.29, 0.717) is 84.9 Å². The van der Waals surface area contributed by atoms with Gasteiger partial charge < -0.3 is 38.5 Å². The summed E-state index contributed by atoms with van der Waals surface area (Å²) in [4.78, 5) is 62.2. The lowest BCUT2D eigenvalue weighted by Crippen LogP contribution is -2.54. The number of hydrogen-bond acceptors (Lipinski definition) is 13. The lowest BCUT2D eigenvalue weighted by Gasteiger charge is -2.27. The summed E-state index contributed by atoms with van der Waals surface area (Å²) in [7, 11) is 0. The van der Waals surface area contributed by atoms with E-state index in [4.69, 9.17) is 33.2 Å². The molecule has 3 rings (SSSR count). The fourth-order valence-electron chi connectivity index (χ4n) is 4.55. The van der Waals surface area contributed by atoms with Gasteiger partial charge in [0.2, 0.25) is 11.8 Å². The van der Waals surface area contributed by atoms with Crippen molar-refractivity contribution >= 4 is 35.3 Å². The Hall–Kier alpha value is -3.47. The van der Waals surface area contributed by atoms with Crippen LogP contribution in [0, 0.1) is 0 Å². The fourth-order valence-corrected chi connectivity index (χ4v) is 4.55. The molecule has 4 amide bonds. The van der Waals surface area contributed by atoms with Gasteiger partial charge in [0.15, 0.2) is 0 Å². The van der Waals surface area contributed by atoms with Gasteiger partial charge >= 0.3 is 5.97 Å². The van der Waals surface area contributed by atoms with Gasteiger partial charge in [-0.25, -0.2) is 4.79 Å². The summed E-state index contributed by atoms with van der Waals surface area (Å²) in [5.74, 6) is -2.59. The van der Waals surface area contributed by atoms with Crippen LogP contribution >= 0.6 is 0 Å². The number of esters is 1. The average Bonchev–Trinajstić information content (AvgIpc) is 3.25. The summed E-state index contributed by atoms with van der Waals surface area (Å²) in [6.45, 7) is 9.89. The molecule has 46 heavy (non-hydrogen) atoms. The molecule has 2 aliphatic rings. The SMILES string of the molecule is CC(C)(C)OC(=O)COCCOCCOCCOCCOCCOCCNc1cccc2c1C(=O)N(C1CCC(=O)NC1=O)C2=O. The average molecular weight is 652 g/mol. The van der Waals surface area contributed by atoms with Crippen LogP contribution in [-0.4, -0.2) is 132 Å². The zero-order chi connectivity index (χ0) is 33.4. The molecule has 15 nitrogen and oxygen atoms in total. The van der Waals surface area contributed by atoms with Crippen molar-refractivity contribution in [3.05, 3.63) is 29.3 Å². The molecule has 0 spiro atoms. The van der Waals surface area contributed by atoms with E-state index in [-0.39, 0.29) is 30.6 Å². The number of piperidine rings is 1. The molecule has 15 heteroatoms. The van der Waals surface area contributed by atoms with E-state index in [1.807, 2.05) is 0 Å². The van der Waals surface area contributed by atoms with Crippen LogP contribution in [-0.2, 0) is 47.5 Å². The van der Waals surface area contributed by atoms with Crippen LogP contribution in [0.1, 0.15) is 54.3 Å². The second-order valence-corrected chi connectivity index (χ2v) is 11.3. The van der Waals surface area contributed by atoms with Gasteiger partial charge in [-0.3, -0.25) is 29.4 Å². The molecule has 1 aromatic carbocycles. The maximum Gasteiger partial charge on any atom is 0.332 e. The van der Waals surface area contributed by atoms with Gasteiger partial charge in [-0.1, -0.05) is 6.07 Å². The fraction of sp³-hybridized carbons (Fsp3) is 0.645. The Morgan fingerprint density at radius 3 is 1.89 bits per heavy atom. The van der Waals surface area contributed by atoms with Crippen molar-refractivity contribution in [3.8, 4) is 0 Å². The predicted octanol–water partition coefficient (Wildman–Crippen LogP) is 0.941. The highest BCUT2D eigenvalue weighted by atomic mass is 16.6. The van der Waals surface area contributed by atoms with Crippen molar-refractivity contribution in [1.29, 1.82) is 0 Å². The molecular weight excluding hydrogens is 606 g/mol. The Kier molecular flexibility index (Phi) is 15.5. The van der Waals surface area contributed by atoms with Crippen molar-refractivity contribution in [2.45, 2.75) is 45.3 Å². The first-order valence-electron chi connectivity index (χ1n) is 15.3. The molecule has 2 N–H and O–H groups in total. The van der Waals surface area contributed by atoms with Crippen LogP contribution in [0.4, 0.5) is 5.69 Å². The number of nitrogens with zero attached hydrogens (tertiary/aromatic N) is 1. The summed E-state index contributed by atoms with van der Waals surface area (Å²) < 4.78 is 37.7. The van der Waals surface area contributed by atoms with Gasteiger partial charge in [0, 0.05) is 18.7 Å². The molecule has 0 aliphatic carbocycles. The minimum absolute atomic E-state index is 0.0642. The maximum absolute atomic E-state index is 13.1. The van der Waals surface area contributed by atoms with Crippen LogP contribution in [0.5, 0.6) is 0 Å². The van der Waals surface area contributed by atoms with Gasteiger partial charge in [-0.05, 0) is 39.3 Å². The van der Waals surface area contributed by atoms with Gasteiger partial charge in [-0.2, -0.15) is 0 Å². The van der Waals surface area contributed by atoms with Gasteiger partial charge in [0.25, 0.3) is 11.8 Å². The lowest BCUT2D eigenvalue weighted by atomic mass is 10.0. The first-order chi connectivity index (χ1) is 22.1. The third-order valence-electron chi connectivity index (χ3n) is 6.53. The quantitative estimate of drug-likeness (QED) is 0.103. The monoisotopic (exact) mass is 651 g/mol. The third-order valence-corrected chi connectivity index (χ3v) is 6.53. The van der Waals surface area contributed by atoms with Crippen LogP contribution in [0.3, 0.4) is 0 Å². The second-order valence-electron chi connectivity index (χ2n) is 11.3. The Bertz CT molecular complexity index is 1190. The molecule has 256 valence electrons. The molecule has 2 aliphatic heterocycles. The molecule has 1 aromatic rings. The Morgan fingerprint density at radius 2 is 1.35 bits per heavy atom. The molecular formula is C31H45N3O12. The van der Waals surface area contributed by atoms with Gasteiger partial charge in [0.1, 0.15) is 18.2 Å². The summed E-state index contributed by atoms with van der Waals surface area (Å²) in [6, 6.07) is 3.88. The number of nitrogens with one attached hydrogen (secondary N) is 2. The molecule has 2 heterocycles. The van der Waals surface area contributed by atoms with Crippen LogP contribution in [0.15, 0.2) is 18.2 Å². The molecule has 0 saturated carbocycles. The van der Waals surface area contributed by atoms with Crippen LogP contribution in [0.25, 0.3) is 0 Å². The highest BCUT2D eigenvalue weighted by Crippen LogP contribution is 2.32. The van der Waals surface area contributed by atoms with Gasteiger partial charge in [0.05, 0.1) is 83.8 Å². The van der Waals surface area contributed by atoms with E-state index < -0.39 is 41.2 Å². The van der Waals surface area contributed by atoms with E-state index >= 15 is 0 Å². The number of anilines is 1. The largest absolute Gasteiger partial charge is 0.458 e. The summed E-state index contributed by atoms with van der Waals surface area (Å²) in [6.07, 6.45) is 0.166. The minimum Gasteiger partial charge on any atom is -0.458 e. The maximum atomic E-state index is 13.1. The Morgan fingerprint density at radius 1 is 0.804 bits per heavy atom. The highest BCUT2D eigenvalue weighted by Gasteiger charge is 2.45. The number of benzene rings is 1. The molecule has 1 saturated heterocycles. The van der Waals surface area contributed by atoms with Gasteiger partial charge in [-0.15, -0.1) is 0 Å². The van der Waals surface area contributed by atoms with Crippen molar-refractivity contribution in [2.75, 3.05) is 91.1 Å². The molecule has 1 atom stereocenters. The molecule has 0 radical (unpaired) electrons. The van der Waals surface area contributed by atoms with Crippen molar-refractivity contribution in [2.24, 2.45) is 0 Å². The van der Waals surface area contributed by atoms with Crippen LogP contribution in [0.2, 0.25) is 0 Å². The number of carbonyl (C=O) groups is 5. The number of rotatable bonds is 22. The molecule has 1 fully saturated rings.